The predicted octanol–water partition coefficient (Wildman–Crippen LogP) is -0.286. The predicted molar refractivity (Wildman–Crippen MR) is 16.9 cm³/mol. The van der Waals surface area contributed by atoms with Crippen LogP contribution < -0.4 is 5.14 Å². The quantitative estimate of drug-likeness (QED) is 0.374. The first-order chi connectivity index (χ1) is 1.73. The monoisotopic (exact) mass is 80.0 g/mol. The Kier molecular flexibility index (Phi) is 1.42. The molecule has 0 aliphatic carbocycles. The third-order valence-electron chi connectivity index (χ3n) is 0. The lowest BCUT2D eigenvalue weighted by Gasteiger charge is -1.68. The molecular weight excluding hydrogens is 76.1 g/mol. The molecule has 26 valence electrons. The average Bonchev–Trinajstić information content (AvgIpc) is 0.811. The molecule has 0 aromatic carbocycles. The van der Waals surface area contributed by atoms with Crippen LogP contribution in [0.2, 0.25) is 0 Å². The fraction of sp³-hybridized carbons (Fsp3) is 0. The fourth-order valence-electron chi connectivity index (χ4n) is 0. The van der Waals surface area contributed by atoms with Gasteiger partial charge in [0, 0.05) is 0 Å². The molecule has 0 amide bonds. The summed E-state index contributed by atoms with van der Waals surface area (Å²) in [7, 11) is 0. The second kappa shape index (κ2) is 1.40. The van der Waals surface area contributed by atoms with Crippen LogP contribution in [0, 0.1) is 4.78 Å². The Morgan fingerprint density at radius 2 is 2.00 bits per heavy atom. The van der Waals surface area contributed by atoms with Crippen molar-refractivity contribution in [1.82, 2.24) is 0 Å². The number of rotatable bonds is 0. The first-order valence-corrected chi connectivity index (χ1v) is 1.87. The summed E-state index contributed by atoms with van der Waals surface area (Å²) < 4.78 is 13.5. The van der Waals surface area contributed by atoms with Crippen molar-refractivity contribution in [1.29, 1.82) is 4.78 Å². The minimum Gasteiger partial charge on any atom is -0.310 e. The van der Waals surface area contributed by atoms with Crippen molar-refractivity contribution in [3.8, 4) is 0 Å². The minimum atomic E-state index is -1.61. The van der Waals surface area contributed by atoms with Gasteiger partial charge in [-0.3, -0.25) is 0 Å². The summed E-state index contributed by atoms with van der Waals surface area (Å²) in [5, 5.41) is 4.36. The molecule has 4 N–H and O–H groups in total. The second-order valence-corrected chi connectivity index (χ2v) is 0.944. The van der Waals surface area contributed by atoms with E-state index in [0.29, 0.717) is 0 Å². The highest BCUT2D eigenvalue weighted by molar-refractivity contribution is 7.77. The Balaban J connectivity index is 2.80. The maximum absolute atomic E-state index is 7.53. The minimum absolute atomic E-state index is 1.61. The number of hydrogen-bond donors (Lipinski definition) is 3. The van der Waals surface area contributed by atoms with Crippen LogP contribution >= 0.6 is 0 Å². The van der Waals surface area contributed by atoms with E-state index in [1.807, 2.05) is 0 Å². The highest BCUT2D eigenvalue weighted by Crippen LogP contribution is 1.39. The topological polar surface area (TPSA) is 70.1 Å². The van der Waals surface area contributed by atoms with Crippen molar-refractivity contribution in [2.45, 2.75) is 0 Å². The normalized spacial score (nSPS) is 15.5. The van der Waals surface area contributed by atoms with Gasteiger partial charge < -0.3 is 4.55 Å². The van der Waals surface area contributed by atoms with E-state index in [0.717, 1.165) is 0 Å². The van der Waals surface area contributed by atoms with E-state index >= 15 is 0 Å². The Morgan fingerprint density at radius 3 is 2.00 bits per heavy atom. The van der Waals surface area contributed by atoms with Gasteiger partial charge in [-0.25, -0.2) is 9.92 Å². The van der Waals surface area contributed by atoms with E-state index in [4.69, 9.17) is 9.33 Å². The zero-order chi connectivity index (χ0) is 3.58. The molecule has 1 unspecified atom stereocenters. The summed E-state index contributed by atoms with van der Waals surface area (Å²) in [6.07, 6.45) is 0. The number of nitrogens with two attached hydrogens (primary N) is 1. The van der Waals surface area contributed by atoms with E-state index < -0.39 is 11.2 Å². The molecule has 0 heterocycles. The van der Waals surface area contributed by atoms with Crippen molar-refractivity contribution in [3.05, 3.63) is 0 Å². The van der Waals surface area contributed by atoms with Crippen LogP contribution in [0.5, 0.6) is 0 Å². The molecule has 0 radical (unpaired) electrons. The highest BCUT2D eigenvalue weighted by Gasteiger charge is 1.51. The maximum Gasteiger partial charge on any atom is 0.0979 e. The summed E-state index contributed by atoms with van der Waals surface area (Å²) in [4.78, 5) is 0. The van der Waals surface area contributed by atoms with Gasteiger partial charge in [-0.15, -0.1) is 0 Å². The standard InChI is InChI=1S/H4N2OS/c1-4(2)3/h(H4,1,2,3). The van der Waals surface area contributed by atoms with E-state index in [1.54, 1.807) is 0 Å². The molecule has 0 saturated carbocycles. The second-order valence-electron chi connectivity index (χ2n) is 0.315. The van der Waals surface area contributed by atoms with Gasteiger partial charge in [0.1, 0.15) is 0 Å². The first-order valence-electron chi connectivity index (χ1n) is 0.622. The SMILES string of the molecule is N=S(N)O. The highest BCUT2D eigenvalue weighted by atomic mass is 32.2. The maximum atomic E-state index is 7.53. The molecule has 0 fully saturated rings. The molecule has 1 atom stereocenters. The van der Waals surface area contributed by atoms with E-state index in [-0.39, 0.29) is 0 Å². The number of nitrogens with one attached hydrogen (secondary N) is 1. The summed E-state index contributed by atoms with van der Waals surface area (Å²) in [5.74, 6) is 0. The smallest absolute Gasteiger partial charge is 0.0979 e. The zero-order valence-corrected chi connectivity index (χ0v) is 2.75. The fourth-order valence-corrected chi connectivity index (χ4v) is 0. The molecule has 0 saturated heterocycles. The van der Waals surface area contributed by atoms with Gasteiger partial charge in [0.05, 0.1) is 11.2 Å². The zero-order valence-electron chi connectivity index (χ0n) is 1.93. The van der Waals surface area contributed by atoms with Gasteiger partial charge >= 0.3 is 0 Å². The molecular formula is H4N2OS. The lowest BCUT2D eigenvalue weighted by atomic mass is 13.9. The van der Waals surface area contributed by atoms with Gasteiger partial charge in [-0.1, -0.05) is 0 Å². The van der Waals surface area contributed by atoms with Crippen LogP contribution in [-0.2, 0) is 11.2 Å². The van der Waals surface area contributed by atoms with Crippen molar-refractivity contribution in [2.75, 3.05) is 0 Å². The molecule has 0 aliphatic rings. The molecule has 4 heteroatoms. The Bertz CT molecular complexity index is 29.0. The van der Waals surface area contributed by atoms with Crippen molar-refractivity contribution in [3.63, 3.8) is 0 Å². The lowest BCUT2D eigenvalue weighted by molar-refractivity contribution is 0.647. The third kappa shape index (κ3) is 484. The van der Waals surface area contributed by atoms with E-state index in [2.05, 4.69) is 5.14 Å². The van der Waals surface area contributed by atoms with Gasteiger partial charge in [0.15, 0.2) is 0 Å². The first kappa shape index (κ1) is 4.07. The summed E-state index contributed by atoms with van der Waals surface area (Å²) in [6.45, 7) is 0. The van der Waals surface area contributed by atoms with Gasteiger partial charge in [0.25, 0.3) is 0 Å². The van der Waals surface area contributed by atoms with Crippen LogP contribution in [0.15, 0.2) is 0 Å². The Morgan fingerprint density at radius 1 is 2.00 bits per heavy atom. The Labute approximate surface area is 26.7 Å². The number of hydrogen-bond acceptors (Lipinski definition) is 1. The van der Waals surface area contributed by atoms with Gasteiger partial charge in [0.2, 0.25) is 0 Å². The molecule has 0 rings (SSSR count). The summed E-state index contributed by atoms with van der Waals surface area (Å²) >= 11 is -1.61. The van der Waals surface area contributed by atoms with Gasteiger partial charge in [-0.2, -0.15) is 0 Å². The van der Waals surface area contributed by atoms with E-state index in [9.17, 15) is 0 Å². The van der Waals surface area contributed by atoms with Crippen LogP contribution in [0.25, 0.3) is 0 Å². The molecule has 0 bridgehead atoms. The van der Waals surface area contributed by atoms with Crippen molar-refractivity contribution in [2.24, 2.45) is 5.14 Å². The molecule has 3 nitrogen and oxygen atoms in total. The average molecular weight is 80.1 g/mol. The molecule has 0 aromatic heterocycles. The molecule has 0 spiro atoms. The van der Waals surface area contributed by atoms with E-state index in [1.165, 1.54) is 0 Å². The third-order valence-corrected chi connectivity index (χ3v) is 0. The summed E-state index contributed by atoms with van der Waals surface area (Å²) in [5.41, 5.74) is 0. The van der Waals surface area contributed by atoms with Crippen LogP contribution in [-0.4, -0.2) is 4.55 Å². The van der Waals surface area contributed by atoms with Crippen LogP contribution in [0.3, 0.4) is 0 Å². The van der Waals surface area contributed by atoms with Gasteiger partial charge in [-0.05, 0) is 0 Å². The molecule has 4 heavy (non-hydrogen) atoms. The molecule has 0 aromatic rings. The van der Waals surface area contributed by atoms with Crippen LogP contribution in [0.1, 0.15) is 0 Å². The van der Waals surface area contributed by atoms with Crippen LogP contribution in [0.4, 0.5) is 0 Å². The van der Waals surface area contributed by atoms with Crippen molar-refractivity contribution >= 4 is 11.2 Å². The largest absolute Gasteiger partial charge is 0.310 e. The van der Waals surface area contributed by atoms with Crippen molar-refractivity contribution < 1.29 is 4.55 Å². The summed E-state index contributed by atoms with van der Waals surface area (Å²) in [6, 6.07) is 0. The Hall–Kier alpha value is 0.0700. The lowest BCUT2D eigenvalue weighted by Crippen LogP contribution is -1.94. The molecule has 0 aliphatic heterocycles.